The molecule has 6 nitrogen and oxygen atoms in total. The molecule has 0 unspecified atom stereocenters. The zero-order chi connectivity index (χ0) is 14.7. The Morgan fingerprint density at radius 2 is 2.23 bits per heavy atom. The third-order valence-corrected chi connectivity index (χ3v) is 3.48. The number of hydrogen-bond acceptors (Lipinski definition) is 4. The van der Waals surface area contributed by atoms with Gasteiger partial charge in [0, 0.05) is 23.6 Å². The number of aromatic amines is 1. The number of carbonyl (C=O) groups is 1. The number of nitrogens with zero attached hydrogens (tertiary/aromatic N) is 2. The van der Waals surface area contributed by atoms with Crippen molar-refractivity contribution in [2.45, 2.75) is 31.6 Å². The van der Waals surface area contributed by atoms with Crippen LogP contribution in [-0.4, -0.2) is 27.6 Å². The van der Waals surface area contributed by atoms with Gasteiger partial charge in [0.15, 0.2) is 5.82 Å². The molecule has 118 valence electrons. The molecule has 0 spiro atoms. The summed E-state index contributed by atoms with van der Waals surface area (Å²) >= 11 is 0. The van der Waals surface area contributed by atoms with E-state index < -0.39 is 0 Å². The van der Waals surface area contributed by atoms with Gasteiger partial charge in [-0.1, -0.05) is 12.1 Å². The molecule has 0 bridgehead atoms. The zero-order valence-electron chi connectivity index (χ0n) is 12.2. The summed E-state index contributed by atoms with van der Waals surface area (Å²) in [4.78, 5) is 16.2. The van der Waals surface area contributed by atoms with Crippen molar-refractivity contribution in [1.29, 1.82) is 0 Å². The third-order valence-electron chi connectivity index (χ3n) is 3.48. The molecular weight excluding hydrogens is 302 g/mol. The van der Waals surface area contributed by atoms with Crippen molar-refractivity contribution in [2.24, 2.45) is 5.73 Å². The Morgan fingerprint density at radius 1 is 1.41 bits per heavy atom. The normalized spacial score (nSPS) is 13.5. The van der Waals surface area contributed by atoms with Gasteiger partial charge >= 0.3 is 0 Å². The molecule has 2 aromatic rings. The van der Waals surface area contributed by atoms with Gasteiger partial charge in [-0.3, -0.25) is 9.89 Å². The molecule has 0 saturated heterocycles. The van der Waals surface area contributed by atoms with E-state index in [1.807, 2.05) is 24.3 Å². The van der Waals surface area contributed by atoms with Crippen LogP contribution in [-0.2, 0) is 4.79 Å². The maximum Gasteiger partial charge on any atom is 0.224 e. The highest BCUT2D eigenvalue weighted by Crippen LogP contribution is 2.38. The van der Waals surface area contributed by atoms with Gasteiger partial charge < -0.3 is 11.1 Å². The van der Waals surface area contributed by atoms with Gasteiger partial charge in [0.1, 0.15) is 5.82 Å². The lowest BCUT2D eigenvalue weighted by Gasteiger charge is -2.05. The fourth-order valence-electron chi connectivity index (χ4n) is 2.16. The van der Waals surface area contributed by atoms with E-state index in [0.29, 0.717) is 31.1 Å². The number of benzene rings is 1. The van der Waals surface area contributed by atoms with Crippen LogP contribution in [0.4, 0.5) is 5.69 Å². The summed E-state index contributed by atoms with van der Waals surface area (Å²) in [5.41, 5.74) is 7.06. The standard InChI is InChI=1S/C15H19N5O.ClH/c16-8-2-5-13(21)17-12-4-1-3-11(9-12)15-18-14(19-20-15)10-6-7-10;/h1,3-4,9-10H,2,5-8,16H2,(H,17,21)(H,18,19,20);1H. The molecule has 7 heteroatoms. The highest BCUT2D eigenvalue weighted by molar-refractivity contribution is 5.91. The molecule has 1 fully saturated rings. The Bertz CT molecular complexity index is 638. The first-order chi connectivity index (χ1) is 10.3. The molecule has 1 aliphatic rings. The Morgan fingerprint density at radius 3 is 2.95 bits per heavy atom. The van der Waals surface area contributed by atoms with Crippen molar-refractivity contribution < 1.29 is 4.79 Å². The van der Waals surface area contributed by atoms with Crippen molar-refractivity contribution in [2.75, 3.05) is 11.9 Å². The minimum atomic E-state index is -0.0220. The molecule has 1 heterocycles. The third kappa shape index (κ3) is 4.05. The lowest BCUT2D eigenvalue weighted by atomic mass is 10.2. The predicted octanol–water partition coefficient (Wildman–Crippen LogP) is 2.45. The molecule has 22 heavy (non-hydrogen) atoms. The number of nitrogens with one attached hydrogen (secondary N) is 2. The number of aromatic nitrogens is 3. The van der Waals surface area contributed by atoms with Crippen LogP contribution in [0.5, 0.6) is 0 Å². The second-order valence-corrected chi connectivity index (χ2v) is 5.34. The molecule has 1 aromatic carbocycles. The minimum Gasteiger partial charge on any atom is -0.330 e. The summed E-state index contributed by atoms with van der Waals surface area (Å²) in [6, 6.07) is 7.58. The van der Waals surface area contributed by atoms with Crippen molar-refractivity contribution in [3.63, 3.8) is 0 Å². The first kappa shape index (κ1) is 16.5. The quantitative estimate of drug-likeness (QED) is 0.761. The van der Waals surface area contributed by atoms with Crippen LogP contribution in [0.2, 0.25) is 0 Å². The van der Waals surface area contributed by atoms with Crippen molar-refractivity contribution in [3.05, 3.63) is 30.1 Å². The summed E-state index contributed by atoms with van der Waals surface area (Å²) in [6.07, 6.45) is 3.50. The van der Waals surface area contributed by atoms with Gasteiger partial charge in [-0.25, -0.2) is 4.98 Å². The minimum absolute atomic E-state index is 0. The van der Waals surface area contributed by atoms with E-state index >= 15 is 0 Å². The van der Waals surface area contributed by atoms with Gasteiger partial charge in [-0.05, 0) is 37.9 Å². The van der Waals surface area contributed by atoms with Crippen LogP contribution in [0.1, 0.15) is 37.4 Å². The maximum atomic E-state index is 11.7. The first-order valence-electron chi connectivity index (χ1n) is 7.29. The van der Waals surface area contributed by atoms with Crippen molar-refractivity contribution >= 4 is 24.0 Å². The Hall–Kier alpha value is -1.92. The fraction of sp³-hybridized carbons (Fsp3) is 0.400. The number of hydrogen-bond donors (Lipinski definition) is 3. The van der Waals surface area contributed by atoms with E-state index in [1.54, 1.807) is 0 Å². The number of anilines is 1. The molecule has 0 atom stereocenters. The summed E-state index contributed by atoms with van der Waals surface area (Å²) < 4.78 is 0. The van der Waals surface area contributed by atoms with E-state index in [4.69, 9.17) is 5.73 Å². The molecular formula is C15H20ClN5O. The average Bonchev–Trinajstić information content (AvgIpc) is 3.23. The largest absolute Gasteiger partial charge is 0.330 e. The van der Waals surface area contributed by atoms with Gasteiger partial charge in [0.05, 0.1) is 0 Å². The SMILES string of the molecule is Cl.NCCCC(=O)Nc1cccc(-c2n[nH]c(C3CC3)n2)c1. The van der Waals surface area contributed by atoms with Crippen molar-refractivity contribution in [1.82, 2.24) is 15.2 Å². The number of amides is 1. The molecule has 1 aromatic heterocycles. The van der Waals surface area contributed by atoms with E-state index in [-0.39, 0.29) is 18.3 Å². The number of H-pyrrole nitrogens is 1. The van der Waals surface area contributed by atoms with Gasteiger partial charge in [0.2, 0.25) is 5.91 Å². The van der Waals surface area contributed by atoms with Crippen LogP contribution < -0.4 is 11.1 Å². The maximum absolute atomic E-state index is 11.7. The van der Waals surface area contributed by atoms with E-state index in [0.717, 1.165) is 17.1 Å². The number of nitrogens with two attached hydrogens (primary N) is 1. The zero-order valence-corrected chi connectivity index (χ0v) is 13.0. The molecule has 1 amide bonds. The summed E-state index contributed by atoms with van der Waals surface area (Å²) in [7, 11) is 0. The lowest BCUT2D eigenvalue weighted by Crippen LogP contribution is -2.13. The molecule has 1 aliphatic carbocycles. The monoisotopic (exact) mass is 321 g/mol. The summed E-state index contributed by atoms with van der Waals surface area (Å²) in [6.45, 7) is 0.522. The van der Waals surface area contributed by atoms with E-state index in [1.165, 1.54) is 12.8 Å². The number of halogens is 1. The molecule has 4 N–H and O–H groups in total. The van der Waals surface area contributed by atoms with Crippen molar-refractivity contribution in [3.8, 4) is 11.4 Å². The number of carbonyl (C=O) groups excluding carboxylic acids is 1. The molecule has 0 aliphatic heterocycles. The van der Waals surface area contributed by atoms with Crippen LogP contribution in [0, 0.1) is 0 Å². The average molecular weight is 322 g/mol. The van der Waals surface area contributed by atoms with Gasteiger partial charge in [-0.2, -0.15) is 5.10 Å². The van der Waals surface area contributed by atoms with Gasteiger partial charge in [0.25, 0.3) is 0 Å². The lowest BCUT2D eigenvalue weighted by molar-refractivity contribution is -0.116. The summed E-state index contributed by atoms with van der Waals surface area (Å²) in [5.74, 6) is 2.16. The van der Waals surface area contributed by atoms with E-state index in [9.17, 15) is 4.79 Å². The van der Waals surface area contributed by atoms with Gasteiger partial charge in [-0.15, -0.1) is 12.4 Å². The second-order valence-electron chi connectivity index (χ2n) is 5.34. The molecule has 0 radical (unpaired) electrons. The topological polar surface area (TPSA) is 96.7 Å². The predicted molar refractivity (Wildman–Crippen MR) is 88.0 cm³/mol. The Balaban J connectivity index is 0.00000176. The summed E-state index contributed by atoms with van der Waals surface area (Å²) in [5, 5.41) is 10.1. The second kappa shape index (κ2) is 7.38. The first-order valence-corrected chi connectivity index (χ1v) is 7.29. The van der Waals surface area contributed by atoms with Crippen LogP contribution in [0.15, 0.2) is 24.3 Å². The number of rotatable bonds is 6. The van der Waals surface area contributed by atoms with Crippen LogP contribution in [0.3, 0.4) is 0 Å². The highest BCUT2D eigenvalue weighted by atomic mass is 35.5. The molecule has 3 rings (SSSR count). The van der Waals surface area contributed by atoms with Crippen LogP contribution in [0.25, 0.3) is 11.4 Å². The molecule has 1 saturated carbocycles. The highest BCUT2D eigenvalue weighted by Gasteiger charge is 2.27. The fourth-order valence-corrected chi connectivity index (χ4v) is 2.16. The van der Waals surface area contributed by atoms with E-state index in [2.05, 4.69) is 20.5 Å². The van der Waals surface area contributed by atoms with Crippen LogP contribution >= 0.6 is 12.4 Å². The Kier molecular flexibility index (Phi) is 5.51. The Labute approximate surface area is 135 Å². The smallest absolute Gasteiger partial charge is 0.224 e.